The van der Waals surface area contributed by atoms with E-state index in [-0.39, 0.29) is 29.3 Å². The van der Waals surface area contributed by atoms with Gasteiger partial charge in [0.05, 0.1) is 12.5 Å². The van der Waals surface area contributed by atoms with Gasteiger partial charge in [-0.05, 0) is 37.0 Å². The molecule has 0 bridgehead atoms. The molecule has 4 nitrogen and oxygen atoms in total. The van der Waals surface area contributed by atoms with Crippen LogP contribution < -0.4 is 9.47 Å². The van der Waals surface area contributed by atoms with Crippen LogP contribution in [0.4, 0.5) is 8.78 Å². The lowest BCUT2D eigenvalue weighted by molar-refractivity contribution is -0.286. The number of rotatable bonds is 3. The van der Waals surface area contributed by atoms with Gasteiger partial charge in [0, 0.05) is 0 Å². The fourth-order valence-corrected chi connectivity index (χ4v) is 2.27. The maximum absolute atomic E-state index is 12.9. The second kappa shape index (κ2) is 4.08. The van der Waals surface area contributed by atoms with Crippen LogP contribution in [-0.2, 0) is 9.53 Å². The Hall–Kier alpha value is -1.85. The minimum atomic E-state index is -3.61. The number of hydrogen-bond acceptors (Lipinski definition) is 4. The summed E-state index contributed by atoms with van der Waals surface area (Å²) in [4.78, 5) is 11.5. The number of halogens is 2. The van der Waals surface area contributed by atoms with Gasteiger partial charge in [0.25, 0.3) is 0 Å². The molecule has 19 heavy (non-hydrogen) atoms. The van der Waals surface area contributed by atoms with Gasteiger partial charge in [-0.2, -0.15) is 0 Å². The summed E-state index contributed by atoms with van der Waals surface area (Å²) in [6.07, 6.45) is -2.93. The molecule has 0 saturated heterocycles. The second-order valence-electron chi connectivity index (χ2n) is 4.57. The first kappa shape index (κ1) is 12.2. The van der Waals surface area contributed by atoms with Gasteiger partial charge in [-0.3, -0.25) is 4.79 Å². The Bertz CT molecular complexity index is 529. The molecule has 0 amide bonds. The second-order valence-corrected chi connectivity index (χ2v) is 4.57. The lowest BCUT2D eigenvalue weighted by Gasteiger charge is -2.04. The van der Waals surface area contributed by atoms with Crippen LogP contribution in [-0.4, -0.2) is 18.9 Å². The fourth-order valence-electron chi connectivity index (χ4n) is 2.27. The van der Waals surface area contributed by atoms with Crippen molar-refractivity contribution in [3.05, 3.63) is 23.8 Å². The molecule has 1 aromatic carbocycles. The average Bonchev–Trinajstić information content (AvgIpc) is 3.05. The summed E-state index contributed by atoms with van der Waals surface area (Å²) in [6, 6.07) is 4.61. The van der Waals surface area contributed by atoms with Gasteiger partial charge in [-0.1, -0.05) is 6.07 Å². The largest absolute Gasteiger partial charge is 0.586 e. The molecule has 3 rings (SSSR count). The maximum atomic E-state index is 12.9. The zero-order valence-electron chi connectivity index (χ0n) is 10.2. The highest BCUT2D eigenvalue weighted by atomic mass is 19.3. The molecule has 1 heterocycles. The summed E-state index contributed by atoms with van der Waals surface area (Å²) in [5.74, 6) is -0.377. The van der Waals surface area contributed by atoms with Crippen LogP contribution in [0.25, 0.3) is 0 Å². The SMILES string of the molecule is CCOC(=O)[C@@H]1C[C@H]1c1ccc2c(c1)OC(F)(F)O2. The van der Waals surface area contributed by atoms with Gasteiger partial charge in [0.15, 0.2) is 11.5 Å². The Morgan fingerprint density at radius 2 is 2.16 bits per heavy atom. The fraction of sp³-hybridized carbons (Fsp3) is 0.462. The molecular formula is C13H12F2O4. The summed E-state index contributed by atoms with van der Waals surface area (Å²) in [7, 11) is 0. The summed E-state index contributed by atoms with van der Waals surface area (Å²) < 4.78 is 39.4. The number of carbonyl (C=O) groups is 1. The normalized spacial score (nSPS) is 26.1. The molecule has 102 valence electrons. The van der Waals surface area contributed by atoms with Crippen LogP contribution in [0.3, 0.4) is 0 Å². The third kappa shape index (κ3) is 2.22. The summed E-state index contributed by atoms with van der Waals surface area (Å²) in [5.41, 5.74) is 0.790. The van der Waals surface area contributed by atoms with Crippen LogP contribution >= 0.6 is 0 Å². The number of hydrogen-bond donors (Lipinski definition) is 0. The van der Waals surface area contributed by atoms with E-state index < -0.39 is 6.29 Å². The highest BCUT2D eigenvalue weighted by molar-refractivity contribution is 5.77. The molecule has 1 aromatic rings. The summed E-state index contributed by atoms with van der Waals surface area (Å²) >= 11 is 0. The Balaban J connectivity index is 1.74. The molecule has 0 unspecified atom stereocenters. The molecule has 0 N–H and O–H groups in total. The number of esters is 1. The molecule has 2 aliphatic rings. The number of ether oxygens (including phenoxy) is 3. The molecule has 0 spiro atoms. The number of fused-ring (bicyclic) bond motifs is 1. The van der Waals surface area contributed by atoms with Gasteiger partial charge in [-0.25, -0.2) is 0 Å². The van der Waals surface area contributed by atoms with Crippen molar-refractivity contribution in [1.29, 1.82) is 0 Å². The average molecular weight is 270 g/mol. The topological polar surface area (TPSA) is 44.8 Å². The molecule has 1 aliphatic heterocycles. The van der Waals surface area contributed by atoms with Crippen molar-refractivity contribution in [3.63, 3.8) is 0 Å². The lowest BCUT2D eigenvalue weighted by Crippen LogP contribution is -2.25. The Morgan fingerprint density at radius 1 is 1.42 bits per heavy atom. The molecule has 1 saturated carbocycles. The minimum absolute atomic E-state index is 0.0111. The number of benzene rings is 1. The van der Waals surface area contributed by atoms with Gasteiger partial charge >= 0.3 is 12.3 Å². The maximum Gasteiger partial charge on any atom is 0.586 e. The van der Waals surface area contributed by atoms with Crippen molar-refractivity contribution >= 4 is 5.97 Å². The van der Waals surface area contributed by atoms with E-state index in [0.29, 0.717) is 13.0 Å². The van der Waals surface area contributed by atoms with Crippen molar-refractivity contribution < 1.29 is 27.8 Å². The first-order valence-electron chi connectivity index (χ1n) is 6.06. The van der Waals surface area contributed by atoms with E-state index in [2.05, 4.69) is 9.47 Å². The van der Waals surface area contributed by atoms with Crippen molar-refractivity contribution in [2.75, 3.05) is 6.61 Å². The first-order valence-corrected chi connectivity index (χ1v) is 6.06. The highest BCUT2D eigenvalue weighted by Gasteiger charge is 2.47. The molecular weight excluding hydrogens is 258 g/mol. The van der Waals surface area contributed by atoms with Crippen LogP contribution in [0.2, 0.25) is 0 Å². The smallest absolute Gasteiger partial charge is 0.466 e. The molecule has 1 fully saturated rings. The van der Waals surface area contributed by atoms with E-state index in [9.17, 15) is 13.6 Å². The van der Waals surface area contributed by atoms with E-state index in [1.54, 1.807) is 13.0 Å². The number of alkyl halides is 2. The lowest BCUT2D eigenvalue weighted by atomic mass is 10.1. The van der Waals surface area contributed by atoms with Crippen molar-refractivity contribution in [2.24, 2.45) is 5.92 Å². The van der Waals surface area contributed by atoms with Crippen molar-refractivity contribution in [1.82, 2.24) is 0 Å². The third-order valence-corrected chi connectivity index (χ3v) is 3.23. The first-order chi connectivity index (χ1) is 9.00. The Labute approximate surface area is 108 Å². The van der Waals surface area contributed by atoms with E-state index in [1.165, 1.54) is 12.1 Å². The van der Waals surface area contributed by atoms with Crippen LogP contribution in [0.5, 0.6) is 11.5 Å². The molecule has 1 aliphatic carbocycles. The quantitative estimate of drug-likeness (QED) is 0.792. The van der Waals surface area contributed by atoms with E-state index in [4.69, 9.17) is 4.74 Å². The zero-order valence-corrected chi connectivity index (χ0v) is 10.2. The van der Waals surface area contributed by atoms with Crippen LogP contribution in [0, 0.1) is 5.92 Å². The van der Waals surface area contributed by atoms with Crippen molar-refractivity contribution in [3.8, 4) is 11.5 Å². The van der Waals surface area contributed by atoms with Crippen LogP contribution in [0.15, 0.2) is 18.2 Å². The number of carbonyl (C=O) groups excluding carboxylic acids is 1. The molecule has 2 atom stereocenters. The molecule has 0 radical (unpaired) electrons. The van der Waals surface area contributed by atoms with Crippen LogP contribution in [0.1, 0.15) is 24.8 Å². The molecule has 0 aromatic heterocycles. The van der Waals surface area contributed by atoms with Crippen molar-refractivity contribution in [2.45, 2.75) is 25.6 Å². The van der Waals surface area contributed by atoms with Gasteiger partial charge < -0.3 is 14.2 Å². The third-order valence-electron chi connectivity index (χ3n) is 3.23. The van der Waals surface area contributed by atoms with E-state index in [1.807, 2.05) is 0 Å². The predicted octanol–water partition coefficient (Wildman–Crippen LogP) is 2.67. The monoisotopic (exact) mass is 270 g/mol. The zero-order chi connectivity index (χ0) is 13.6. The summed E-state index contributed by atoms with van der Waals surface area (Å²) in [6.45, 7) is 2.09. The standard InChI is InChI=1S/C13H12F2O4/c1-2-17-12(16)9-6-8(9)7-3-4-10-11(5-7)19-13(14,15)18-10/h3-5,8-9H,2,6H2,1H3/t8-,9+/m0/s1. The van der Waals surface area contributed by atoms with E-state index in [0.717, 1.165) is 5.56 Å². The van der Waals surface area contributed by atoms with E-state index >= 15 is 0 Å². The van der Waals surface area contributed by atoms with Gasteiger partial charge in [0.2, 0.25) is 0 Å². The minimum Gasteiger partial charge on any atom is -0.466 e. The Morgan fingerprint density at radius 3 is 2.89 bits per heavy atom. The predicted molar refractivity (Wildman–Crippen MR) is 60.1 cm³/mol. The molecule has 6 heteroatoms. The highest BCUT2D eigenvalue weighted by Crippen LogP contribution is 2.51. The summed E-state index contributed by atoms with van der Waals surface area (Å²) in [5, 5.41) is 0. The van der Waals surface area contributed by atoms with Gasteiger partial charge in [0.1, 0.15) is 0 Å². The van der Waals surface area contributed by atoms with Gasteiger partial charge in [-0.15, -0.1) is 8.78 Å². The Kier molecular flexibility index (Phi) is 2.62.